The van der Waals surface area contributed by atoms with E-state index in [1.54, 1.807) is 0 Å². The highest BCUT2D eigenvalue weighted by molar-refractivity contribution is 6.27. The van der Waals surface area contributed by atoms with E-state index in [0.717, 1.165) is 24.2 Å². The first kappa shape index (κ1) is 16.7. The number of rotatable bonds is 10. The topological polar surface area (TPSA) is 47.9 Å². The molecule has 0 aliphatic heterocycles. The average molecular weight is 311 g/mol. The van der Waals surface area contributed by atoms with E-state index < -0.39 is 0 Å². The molecule has 0 saturated carbocycles. The molecule has 0 spiro atoms. The van der Waals surface area contributed by atoms with Crippen LogP contribution in [0.15, 0.2) is 65.8 Å². The van der Waals surface area contributed by atoms with Crippen molar-refractivity contribution in [3.8, 4) is 5.75 Å². The van der Waals surface area contributed by atoms with Gasteiger partial charge in [0.05, 0.1) is 6.61 Å². The van der Waals surface area contributed by atoms with Gasteiger partial charge in [-0.3, -0.25) is 4.79 Å². The second kappa shape index (κ2) is 10.2. The fraction of sp³-hybridized carbons (Fsp3) is 0.263. The molecular weight excluding hydrogens is 290 g/mol. The molecule has 0 saturated heterocycles. The van der Waals surface area contributed by atoms with Gasteiger partial charge >= 0.3 is 0 Å². The van der Waals surface area contributed by atoms with Gasteiger partial charge < -0.3 is 9.57 Å². The van der Waals surface area contributed by atoms with Crippen molar-refractivity contribution in [2.45, 2.75) is 25.9 Å². The summed E-state index contributed by atoms with van der Waals surface area (Å²) in [6.45, 7) is 0.981. The molecule has 0 atom stereocenters. The van der Waals surface area contributed by atoms with Crippen LogP contribution in [0.25, 0.3) is 0 Å². The van der Waals surface area contributed by atoms with Gasteiger partial charge in [-0.25, -0.2) is 0 Å². The van der Waals surface area contributed by atoms with Gasteiger partial charge in [0.2, 0.25) is 0 Å². The summed E-state index contributed by atoms with van der Waals surface area (Å²) in [7, 11) is 0. The first-order chi connectivity index (χ1) is 11.3. The predicted octanol–water partition coefficient (Wildman–Crippen LogP) is 4.01. The quantitative estimate of drug-likeness (QED) is 0.378. The van der Waals surface area contributed by atoms with Crippen LogP contribution in [-0.4, -0.2) is 18.6 Å². The van der Waals surface area contributed by atoms with E-state index in [1.807, 2.05) is 60.7 Å². The highest BCUT2D eigenvalue weighted by Crippen LogP contribution is 2.09. The molecular formula is C19H21NO3. The van der Waals surface area contributed by atoms with Gasteiger partial charge in [-0.05, 0) is 30.5 Å². The molecule has 0 aliphatic rings. The van der Waals surface area contributed by atoms with Gasteiger partial charge in [-0.2, -0.15) is 0 Å². The van der Waals surface area contributed by atoms with E-state index in [-0.39, 0.29) is 5.78 Å². The fourth-order valence-electron chi connectivity index (χ4n) is 1.95. The maximum absolute atomic E-state index is 11.6. The van der Waals surface area contributed by atoms with Crippen LogP contribution in [0.2, 0.25) is 0 Å². The summed E-state index contributed by atoms with van der Waals surface area (Å²) in [5, 5.41) is 3.71. The minimum atomic E-state index is -0.0298. The fourth-order valence-corrected chi connectivity index (χ4v) is 1.95. The number of benzene rings is 2. The second-order valence-electron chi connectivity index (χ2n) is 5.08. The van der Waals surface area contributed by atoms with Crippen LogP contribution < -0.4 is 4.74 Å². The Morgan fingerprint density at radius 3 is 2.39 bits per heavy atom. The largest absolute Gasteiger partial charge is 0.494 e. The molecule has 0 N–H and O–H groups in total. The molecule has 120 valence electrons. The number of hydrogen-bond acceptors (Lipinski definition) is 4. The zero-order chi connectivity index (χ0) is 16.2. The molecule has 2 rings (SSSR count). The van der Waals surface area contributed by atoms with Crippen molar-refractivity contribution in [2.24, 2.45) is 5.16 Å². The van der Waals surface area contributed by atoms with Crippen molar-refractivity contribution in [2.75, 3.05) is 6.61 Å². The Morgan fingerprint density at radius 2 is 1.65 bits per heavy atom. The first-order valence-corrected chi connectivity index (χ1v) is 7.74. The number of Topliss-reactive ketones (excluding diaryl/α,β-unsaturated/α-hetero) is 1. The molecule has 2 aromatic carbocycles. The Balaban J connectivity index is 1.52. The minimum Gasteiger partial charge on any atom is -0.494 e. The van der Waals surface area contributed by atoms with Crippen molar-refractivity contribution in [1.82, 2.24) is 0 Å². The van der Waals surface area contributed by atoms with E-state index in [4.69, 9.17) is 9.57 Å². The molecule has 2 aromatic rings. The standard InChI is InChI=1S/C19H21NO3/c21-18(15-20-23-16-17-9-3-1-4-10-17)11-7-8-14-22-19-12-5-2-6-13-19/h1-6,9-10,12-13,15H,7-8,11,14,16H2/b20-15+. The van der Waals surface area contributed by atoms with Gasteiger partial charge in [-0.15, -0.1) is 0 Å². The average Bonchev–Trinajstić information content (AvgIpc) is 2.60. The number of nitrogens with zero attached hydrogens (tertiary/aromatic N) is 1. The minimum absolute atomic E-state index is 0.0298. The third-order valence-electron chi connectivity index (χ3n) is 3.17. The molecule has 4 nitrogen and oxygen atoms in total. The number of oxime groups is 1. The molecule has 0 fully saturated rings. The summed E-state index contributed by atoms with van der Waals surface area (Å²) in [6, 6.07) is 19.4. The first-order valence-electron chi connectivity index (χ1n) is 7.74. The lowest BCUT2D eigenvalue weighted by atomic mass is 10.2. The Morgan fingerprint density at radius 1 is 0.957 bits per heavy atom. The number of unbranched alkanes of at least 4 members (excludes halogenated alkanes) is 1. The summed E-state index contributed by atoms with van der Waals surface area (Å²) >= 11 is 0. The van der Waals surface area contributed by atoms with Crippen molar-refractivity contribution in [3.05, 3.63) is 66.2 Å². The Labute approximate surface area is 136 Å². The predicted molar refractivity (Wildman–Crippen MR) is 90.5 cm³/mol. The normalized spacial score (nSPS) is 10.6. The molecule has 4 heteroatoms. The lowest BCUT2D eigenvalue weighted by molar-refractivity contribution is -0.112. The number of carbonyl (C=O) groups excluding carboxylic acids is 1. The van der Waals surface area contributed by atoms with Crippen LogP contribution in [0.5, 0.6) is 5.75 Å². The number of para-hydroxylation sites is 1. The highest BCUT2D eigenvalue weighted by Gasteiger charge is 1.99. The summed E-state index contributed by atoms with van der Waals surface area (Å²) in [5.41, 5.74) is 1.02. The maximum Gasteiger partial charge on any atom is 0.177 e. The number of carbonyl (C=O) groups is 1. The van der Waals surface area contributed by atoms with E-state index in [2.05, 4.69) is 5.16 Å². The van der Waals surface area contributed by atoms with Gasteiger partial charge in [0.25, 0.3) is 0 Å². The smallest absolute Gasteiger partial charge is 0.177 e. The van der Waals surface area contributed by atoms with E-state index in [1.165, 1.54) is 6.21 Å². The van der Waals surface area contributed by atoms with Gasteiger partial charge in [0.1, 0.15) is 18.6 Å². The van der Waals surface area contributed by atoms with Crippen molar-refractivity contribution < 1.29 is 14.4 Å². The van der Waals surface area contributed by atoms with Crippen molar-refractivity contribution >= 4 is 12.0 Å². The van der Waals surface area contributed by atoms with Crippen molar-refractivity contribution in [1.29, 1.82) is 0 Å². The van der Waals surface area contributed by atoms with Gasteiger partial charge in [0, 0.05) is 6.42 Å². The molecule has 0 unspecified atom stereocenters. The molecule has 0 aliphatic carbocycles. The summed E-state index contributed by atoms with van der Waals surface area (Å²) in [4.78, 5) is 16.7. The van der Waals surface area contributed by atoms with Crippen LogP contribution in [0.4, 0.5) is 0 Å². The van der Waals surface area contributed by atoms with E-state index in [9.17, 15) is 4.79 Å². The Hall–Kier alpha value is -2.62. The lowest BCUT2D eigenvalue weighted by Crippen LogP contribution is -2.02. The summed E-state index contributed by atoms with van der Waals surface area (Å²) in [6.07, 6.45) is 3.31. The SMILES string of the molecule is O=C(/C=N/OCc1ccccc1)CCCCOc1ccccc1. The van der Waals surface area contributed by atoms with Gasteiger partial charge in [-0.1, -0.05) is 53.7 Å². The second-order valence-corrected chi connectivity index (χ2v) is 5.08. The van der Waals surface area contributed by atoms with Crippen LogP contribution >= 0.6 is 0 Å². The molecule has 0 radical (unpaired) electrons. The van der Waals surface area contributed by atoms with Crippen LogP contribution in [0.3, 0.4) is 0 Å². The molecule has 0 heterocycles. The molecule has 0 aromatic heterocycles. The zero-order valence-corrected chi connectivity index (χ0v) is 13.1. The van der Waals surface area contributed by atoms with Crippen molar-refractivity contribution in [3.63, 3.8) is 0 Å². The molecule has 0 bridgehead atoms. The Bertz CT molecular complexity index is 597. The zero-order valence-electron chi connectivity index (χ0n) is 13.1. The van der Waals surface area contributed by atoms with Crippen LogP contribution in [-0.2, 0) is 16.2 Å². The van der Waals surface area contributed by atoms with Crippen LogP contribution in [0.1, 0.15) is 24.8 Å². The number of ether oxygens (including phenoxy) is 1. The van der Waals surface area contributed by atoms with Crippen LogP contribution in [0, 0.1) is 0 Å². The highest BCUT2D eigenvalue weighted by atomic mass is 16.6. The van der Waals surface area contributed by atoms with Gasteiger partial charge in [0.15, 0.2) is 5.78 Å². The Kier molecular flexibility index (Phi) is 7.40. The molecule has 0 amide bonds. The number of ketones is 1. The summed E-state index contributed by atoms with van der Waals surface area (Å²) < 4.78 is 5.57. The number of hydrogen-bond donors (Lipinski definition) is 0. The molecule has 23 heavy (non-hydrogen) atoms. The third-order valence-corrected chi connectivity index (χ3v) is 3.17. The van der Waals surface area contributed by atoms with E-state index >= 15 is 0 Å². The lowest BCUT2D eigenvalue weighted by Gasteiger charge is -2.04. The van der Waals surface area contributed by atoms with E-state index in [0.29, 0.717) is 19.6 Å². The summed E-state index contributed by atoms with van der Waals surface area (Å²) in [5.74, 6) is 0.826. The maximum atomic E-state index is 11.6. The monoisotopic (exact) mass is 311 g/mol. The third kappa shape index (κ3) is 7.27.